The maximum atomic E-state index is 4.77. The number of aromatic nitrogens is 1. The summed E-state index contributed by atoms with van der Waals surface area (Å²) in [5, 5.41) is 4.76. The molecule has 1 heterocycles. The second kappa shape index (κ2) is 5.33. The molecule has 0 amide bonds. The van der Waals surface area contributed by atoms with Crippen LogP contribution in [0.15, 0.2) is 18.2 Å². The van der Waals surface area contributed by atoms with E-state index < -0.39 is 0 Å². The Morgan fingerprint density at radius 3 is 2.89 bits per heavy atom. The number of hydrogen-bond donors (Lipinski definition) is 1. The Hall–Kier alpha value is -1.35. The lowest BCUT2D eigenvalue weighted by Gasteiger charge is -2.09. The van der Waals surface area contributed by atoms with Gasteiger partial charge < -0.3 is 5.32 Å². The van der Waals surface area contributed by atoms with Gasteiger partial charge in [0, 0.05) is 10.6 Å². The molecule has 2 aromatic rings. The summed E-state index contributed by atoms with van der Waals surface area (Å²) in [6.07, 6.45) is 5.05. The molecule has 1 aromatic carbocycles. The van der Waals surface area contributed by atoms with Crippen molar-refractivity contribution in [2.45, 2.75) is 46.1 Å². The molecule has 0 unspecified atom stereocenters. The average molecular weight is 272 g/mol. The maximum absolute atomic E-state index is 4.77. The van der Waals surface area contributed by atoms with Gasteiger partial charge in [0.05, 0.1) is 12.2 Å². The van der Waals surface area contributed by atoms with Gasteiger partial charge in [0.2, 0.25) is 0 Å². The predicted octanol–water partition coefficient (Wildman–Crippen LogP) is 4.25. The van der Waals surface area contributed by atoms with Crippen LogP contribution in [0.3, 0.4) is 0 Å². The summed E-state index contributed by atoms with van der Waals surface area (Å²) in [6.45, 7) is 5.18. The zero-order chi connectivity index (χ0) is 13.2. The van der Waals surface area contributed by atoms with Crippen LogP contribution in [0.25, 0.3) is 0 Å². The van der Waals surface area contributed by atoms with Gasteiger partial charge in [0.1, 0.15) is 5.01 Å². The number of aryl methyl sites for hydroxylation is 3. The molecule has 19 heavy (non-hydrogen) atoms. The summed E-state index contributed by atoms with van der Waals surface area (Å²) in [6, 6.07) is 6.41. The highest BCUT2D eigenvalue weighted by Crippen LogP contribution is 2.27. The van der Waals surface area contributed by atoms with Crippen molar-refractivity contribution in [3.63, 3.8) is 0 Å². The number of rotatable bonds is 3. The Labute approximate surface area is 118 Å². The summed E-state index contributed by atoms with van der Waals surface area (Å²) in [7, 11) is 0. The van der Waals surface area contributed by atoms with E-state index in [0.717, 1.165) is 6.54 Å². The fourth-order valence-electron chi connectivity index (χ4n) is 2.59. The standard InChI is InChI=1S/C16H20N2S/c1-11-6-5-8-13(12(11)2)17-10-16-18-14-7-3-4-9-15(14)19-16/h5-6,8,17H,3-4,7,9-10H2,1-2H3. The lowest BCUT2D eigenvalue weighted by atomic mass is 10.0. The SMILES string of the molecule is Cc1cccc(NCc2nc3c(s2)CCCC3)c1C. The van der Waals surface area contributed by atoms with Crippen LogP contribution in [0.2, 0.25) is 0 Å². The molecule has 0 saturated heterocycles. The summed E-state index contributed by atoms with van der Waals surface area (Å²) < 4.78 is 0. The van der Waals surface area contributed by atoms with E-state index in [9.17, 15) is 0 Å². The van der Waals surface area contributed by atoms with Gasteiger partial charge in [-0.25, -0.2) is 4.98 Å². The van der Waals surface area contributed by atoms with Crippen LogP contribution in [0.1, 0.15) is 39.5 Å². The molecule has 0 aliphatic heterocycles. The zero-order valence-corrected chi connectivity index (χ0v) is 12.4. The lowest BCUT2D eigenvalue weighted by Crippen LogP contribution is -2.02. The Kier molecular flexibility index (Phi) is 3.56. The van der Waals surface area contributed by atoms with Gasteiger partial charge in [-0.15, -0.1) is 11.3 Å². The minimum Gasteiger partial charge on any atom is -0.378 e. The van der Waals surface area contributed by atoms with Crippen LogP contribution in [0.4, 0.5) is 5.69 Å². The molecule has 2 nitrogen and oxygen atoms in total. The van der Waals surface area contributed by atoms with Crippen molar-refractivity contribution in [3.05, 3.63) is 44.9 Å². The van der Waals surface area contributed by atoms with Crippen LogP contribution in [-0.4, -0.2) is 4.98 Å². The van der Waals surface area contributed by atoms with Crippen LogP contribution in [0, 0.1) is 13.8 Å². The van der Waals surface area contributed by atoms with E-state index in [-0.39, 0.29) is 0 Å². The number of hydrogen-bond acceptors (Lipinski definition) is 3. The van der Waals surface area contributed by atoms with Crippen LogP contribution < -0.4 is 5.32 Å². The van der Waals surface area contributed by atoms with Crippen molar-refractivity contribution in [2.24, 2.45) is 0 Å². The number of fused-ring (bicyclic) bond motifs is 1. The van der Waals surface area contributed by atoms with Crippen molar-refractivity contribution in [2.75, 3.05) is 5.32 Å². The van der Waals surface area contributed by atoms with Gasteiger partial charge in [-0.3, -0.25) is 0 Å². The normalized spacial score (nSPS) is 14.2. The Bertz CT molecular complexity index is 563. The third kappa shape index (κ3) is 2.66. The van der Waals surface area contributed by atoms with E-state index in [1.54, 1.807) is 0 Å². The highest BCUT2D eigenvalue weighted by molar-refractivity contribution is 7.11. The van der Waals surface area contributed by atoms with Gasteiger partial charge in [-0.1, -0.05) is 12.1 Å². The molecular formula is C16H20N2S. The first kappa shape index (κ1) is 12.7. The number of nitrogens with one attached hydrogen (secondary N) is 1. The first-order valence-electron chi connectivity index (χ1n) is 7.01. The molecule has 100 valence electrons. The van der Waals surface area contributed by atoms with Gasteiger partial charge in [-0.05, 0) is 56.7 Å². The van der Waals surface area contributed by atoms with Crippen LogP contribution in [-0.2, 0) is 19.4 Å². The van der Waals surface area contributed by atoms with Gasteiger partial charge in [-0.2, -0.15) is 0 Å². The van der Waals surface area contributed by atoms with Crippen molar-refractivity contribution in [1.82, 2.24) is 4.98 Å². The third-order valence-electron chi connectivity index (χ3n) is 3.92. The molecule has 3 heteroatoms. The van der Waals surface area contributed by atoms with E-state index in [2.05, 4.69) is 37.4 Å². The predicted molar refractivity (Wildman–Crippen MR) is 82.0 cm³/mol. The van der Waals surface area contributed by atoms with Gasteiger partial charge in [0.25, 0.3) is 0 Å². The van der Waals surface area contributed by atoms with Crippen molar-refractivity contribution in [1.29, 1.82) is 0 Å². The monoisotopic (exact) mass is 272 g/mol. The Morgan fingerprint density at radius 1 is 1.21 bits per heavy atom. The summed E-state index contributed by atoms with van der Waals surface area (Å²) in [5.74, 6) is 0. The van der Waals surface area contributed by atoms with Crippen molar-refractivity contribution >= 4 is 17.0 Å². The lowest BCUT2D eigenvalue weighted by molar-refractivity contribution is 0.681. The molecule has 3 rings (SSSR count). The van der Waals surface area contributed by atoms with Crippen LogP contribution in [0.5, 0.6) is 0 Å². The second-order valence-electron chi connectivity index (χ2n) is 5.29. The molecule has 0 spiro atoms. The summed E-state index contributed by atoms with van der Waals surface area (Å²) >= 11 is 1.89. The minimum absolute atomic E-state index is 0.849. The van der Waals surface area contributed by atoms with E-state index in [4.69, 9.17) is 4.98 Å². The summed E-state index contributed by atoms with van der Waals surface area (Å²) in [5.41, 5.74) is 5.26. The van der Waals surface area contributed by atoms with E-state index in [0.29, 0.717) is 0 Å². The zero-order valence-electron chi connectivity index (χ0n) is 11.6. The first-order valence-corrected chi connectivity index (χ1v) is 7.83. The molecule has 0 radical (unpaired) electrons. The summed E-state index contributed by atoms with van der Waals surface area (Å²) in [4.78, 5) is 6.29. The van der Waals surface area contributed by atoms with E-state index >= 15 is 0 Å². The molecule has 0 bridgehead atoms. The topological polar surface area (TPSA) is 24.9 Å². The van der Waals surface area contributed by atoms with Crippen molar-refractivity contribution in [3.8, 4) is 0 Å². The number of nitrogens with zero attached hydrogens (tertiary/aromatic N) is 1. The molecular weight excluding hydrogens is 252 g/mol. The quantitative estimate of drug-likeness (QED) is 0.903. The molecule has 1 aliphatic carbocycles. The van der Waals surface area contributed by atoms with Gasteiger partial charge in [0.15, 0.2) is 0 Å². The highest BCUT2D eigenvalue weighted by Gasteiger charge is 2.14. The molecule has 1 aromatic heterocycles. The molecule has 1 aliphatic rings. The first-order chi connectivity index (χ1) is 9.24. The fraction of sp³-hybridized carbons (Fsp3) is 0.438. The van der Waals surface area contributed by atoms with Crippen molar-refractivity contribution < 1.29 is 0 Å². The minimum atomic E-state index is 0.849. The van der Waals surface area contributed by atoms with Crippen LogP contribution >= 0.6 is 11.3 Å². The average Bonchev–Trinajstić information content (AvgIpc) is 2.83. The molecule has 0 fully saturated rings. The number of benzene rings is 1. The highest BCUT2D eigenvalue weighted by atomic mass is 32.1. The number of thiazole rings is 1. The molecule has 0 atom stereocenters. The fourth-order valence-corrected chi connectivity index (χ4v) is 3.69. The second-order valence-corrected chi connectivity index (χ2v) is 6.45. The Balaban J connectivity index is 1.72. The Morgan fingerprint density at radius 2 is 2.05 bits per heavy atom. The smallest absolute Gasteiger partial charge is 0.112 e. The van der Waals surface area contributed by atoms with E-state index in [1.807, 2.05) is 11.3 Å². The molecule has 0 saturated carbocycles. The largest absolute Gasteiger partial charge is 0.378 e. The van der Waals surface area contributed by atoms with Gasteiger partial charge >= 0.3 is 0 Å². The number of anilines is 1. The third-order valence-corrected chi connectivity index (χ3v) is 5.08. The molecule has 1 N–H and O–H groups in total. The maximum Gasteiger partial charge on any atom is 0.112 e. The van der Waals surface area contributed by atoms with E-state index in [1.165, 1.54) is 58.1 Å².